The van der Waals surface area contributed by atoms with Gasteiger partial charge in [0.2, 0.25) is 5.91 Å². The van der Waals surface area contributed by atoms with Crippen LogP contribution in [-0.2, 0) is 17.9 Å². The summed E-state index contributed by atoms with van der Waals surface area (Å²) >= 11 is 5.97. The quantitative estimate of drug-likeness (QED) is 0.481. The van der Waals surface area contributed by atoms with Crippen molar-refractivity contribution in [2.75, 3.05) is 14.1 Å². The molecule has 1 amide bonds. The second kappa shape index (κ2) is 8.87. The van der Waals surface area contributed by atoms with Crippen LogP contribution in [0.2, 0.25) is 5.02 Å². The first-order valence-electron chi connectivity index (χ1n) is 9.92. The number of aryl methyl sites for hydroxylation is 1. The molecule has 4 rings (SSSR count). The number of halogens is 1. The molecule has 1 unspecified atom stereocenters. The molecule has 1 N–H and O–H groups in total. The maximum absolute atomic E-state index is 12.8. The number of hydrogen-bond donors (Lipinski definition) is 1. The Labute approximate surface area is 185 Å². The minimum atomic E-state index is -0.422. The van der Waals surface area contributed by atoms with Crippen LogP contribution in [0.1, 0.15) is 28.6 Å². The van der Waals surface area contributed by atoms with Gasteiger partial charge in [0.15, 0.2) is 0 Å². The summed E-state index contributed by atoms with van der Waals surface area (Å²) in [5.74, 6) is -0.113. The molecular formula is C22H24ClN7O. The van der Waals surface area contributed by atoms with Gasteiger partial charge < -0.3 is 9.72 Å². The minimum Gasteiger partial charge on any atom is -0.349 e. The van der Waals surface area contributed by atoms with Crippen molar-refractivity contribution in [2.45, 2.75) is 26.1 Å². The second-order valence-corrected chi connectivity index (χ2v) is 8.18. The zero-order valence-corrected chi connectivity index (χ0v) is 18.4. The third kappa shape index (κ3) is 4.92. The fourth-order valence-corrected chi connectivity index (χ4v) is 3.62. The maximum atomic E-state index is 12.8. The van der Waals surface area contributed by atoms with E-state index in [0.717, 1.165) is 16.9 Å². The Balaban J connectivity index is 1.39. The summed E-state index contributed by atoms with van der Waals surface area (Å²) in [7, 11) is 3.73. The topological polar surface area (TPSA) is 80.3 Å². The Morgan fingerprint density at radius 3 is 2.61 bits per heavy atom. The van der Waals surface area contributed by atoms with Crippen molar-refractivity contribution in [3.05, 3.63) is 82.5 Å². The van der Waals surface area contributed by atoms with Crippen molar-refractivity contribution in [1.29, 1.82) is 0 Å². The maximum Gasteiger partial charge on any atom is 0.242 e. The summed E-state index contributed by atoms with van der Waals surface area (Å²) in [5.41, 5.74) is 4.51. The van der Waals surface area contributed by atoms with Crippen LogP contribution in [0, 0.1) is 6.92 Å². The molecule has 3 aromatic heterocycles. The van der Waals surface area contributed by atoms with Gasteiger partial charge in [0.25, 0.3) is 0 Å². The number of pyridine rings is 1. The van der Waals surface area contributed by atoms with E-state index in [1.165, 1.54) is 5.56 Å². The van der Waals surface area contributed by atoms with Gasteiger partial charge in [-0.1, -0.05) is 35.0 Å². The van der Waals surface area contributed by atoms with E-state index in [9.17, 15) is 4.79 Å². The highest BCUT2D eigenvalue weighted by Crippen LogP contribution is 2.21. The summed E-state index contributed by atoms with van der Waals surface area (Å²) in [6, 6.07) is 10.9. The van der Waals surface area contributed by atoms with E-state index in [2.05, 4.69) is 20.6 Å². The fourth-order valence-electron chi connectivity index (χ4n) is 3.50. The SMILES string of the molecule is Cc1ccc2nc(Cn3cc(CNC(=O)C(c4ccc(Cl)cc4)N(C)C)nn3)cn2c1. The number of amides is 1. The number of nitrogens with one attached hydrogen (secondary N) is 1. The first-order valence-corrected chi connectivity index (χ1v) is 10.3. The normalized spacial score (nSPS) is 12.4. The number of aromatic nitrogens is 5. The van der Waals surface area contributed by atoms with Gasteiger partial charge in [-0.05, 0) is 50.3 Å². The van der Waals surface area contributed by atoms with E-state index in [1.54, 1.807) is 16.8 Å². The molecule has 0 radical (unpaired) electrons. The molecule has 0 saturated heterocycles. The highest BCUT2D eigenvalue weighted by atomic mass is 35.5. The lowest BCUT2D eigenvalue weighted by atomic mass is 10.1. The van der Waals surface area contributed by atoms with Crippen LogP contribution in [0.25, 0.3) is 5.65 Å². The summed E-state index contributed by atoms with van der Waals surface area (Å²) in [6.45, 7) is 2.85. The summed E-state index contributed by atoms with van der Waals surface area (Å²) < 4.78 is 3.72. The number of benzene rings is 1. The molecule has 8 nitrogen and oxygen atoms in total. The van der Waals surface area contributed by atoms with E-state index in [0.29, 0.717) is 23.8 Å². The molecule has 0 spiro atoms. The van der Waals surface area contributed by atoms with Gasteiger partial charge in [0, 0.05) is 17.4 Å². The molecule has 4 aromatic rings. The van der Waals surface area contributed by atoms with E-state index in [1.807, 2.05) is 73.2 Å². The lowest BCUT2D eigenvalue weighted by Gasteiger charge is -2.23. The zero-order valence-electron chi connectivity index (χ0n) is 17.7. The predicted octanol–water partition coefficient (Wildman–Crippen LogP) is 2.86. The second-order valence-electron chi connectivity index (χ2n) is 7.75. The lowest BCUT2D eigenvalue weighted by molar-refractivity contribution is -0.126. The van der Waals surface area contributed by atoms with E-state index in [-0.39, 0.29) is 5.91 Å². The van der Waals surface area contributed by atoms with E-state index in [4.69, 9.17) is 11.6 Å². The molecule has 0 aliphatic carbocycles. The van der Waals surface area contributed by atoms with Gasteiger partial charge in [-0.3, -0.25) is 9.69 Å². The molecule has 160 valence electrons. The standard InChI is InChI=1S/C22H24ClN7O/c1-15-4-9-20-25-19(12-29(20)11-15)14-30-13-18(26-27-30)10-24-22(31)21(28(2)3)16-5-7-17(23)8-6-16/h4-9,11-13,21H,10,14H2,1-3H3,(H,24,31). The van der Waals surface area contributed by atoms with E-state index < -0.39 is 6.04 Å². The molecule has 9 heteroatoms. The van der Waals surface area contributed by atoms with Crippen LogP contribution >= 0.6 is 11.6 Å². The van der Waals surface area contributed by atoms with Gasteiger partial charge >= 0.3 is 0 Å². The molecule has 1 aromatic carbocycles. The van der Waals surface area contributed by atoms with Crippen LogP contribution in [0.5, 0.6) is 0 Å². The van der Waals surface area contributed by atoms with Crippen LogP contribution < -0.4 is 5.32 Å². The molecule has 0 aliphatic heterocycles. The molecular weight excluding hydrogens is 414 g/mol. The fraction of sp³-hybridized carbons (Fsp3) is 0.273. The van der Waals surface area contributed by atoms with Crippen molar-refractivity contribution in [3.63, 3.8) is 0 Å². The number of rotatable bonds is 7. The highest BCUT2D eigenvalue weighted by Gasteiger charge is 2.22. The Kier molecular flexibility index (Phi) is 6.01. The highest BCUT2D eigenvalue weighted by molar-refractivity contribution is 6.30. The number of imidazole rings is 1. The first kappa shape index (κ1) is 21.0. The lowest BCUT2D eigenvalue weighted by Crippen LogP contribution is -2.36. The molecule has 0 bridgehead atoms. The van der Waals surface area contributed by atoms with Crippen LogP contribution in [0.3, 0.4) is 0 Å². The Hall–Kier alpha value is -3.23. The number of fused-ring (bicyclic) bond motifs is 1. The number of hydrogen-bond acceptors (Lipinski definition) is 5. The van der Waals surface area contributed by atoms with Gasteiger partial charge in [-0.25, -0.2) is 9.67 Å². The Morgan fingerprint density at radius 2 is 1.87 bits per heavy atom. The smallest absolute Gasteiger partial charge is 0.242 e. The van der Waals surface area contributed by atoms with Crippen LogP contribution in [0.15, 0.2) is 55.0 Å². The first-order chi connectivity index (χ1) is 14.9. The van der Waals surface area contributed by atoms with Gasteiger partial charge in [0.05, 0.1) is 25.0 Å². The Bertz CT molecular complexity index is 1200. The zero-order chi connectivity index (χ0) is 22.0. The van der Waals surface area contributed by atoms with E-state index >= 15 is 0 Å². The van der Waals surface area contributed by atoms with Crippen LogP contribution in [0.4, 0.5) is 0 Å². The predicted molar refractivity (Wildman–Crippen MR) is 119 cm³/mol. The van der Waals surface area contributed by atoms with Crippen LogP contribution in [-0.4, -0.2) is 49.3 Å². The number of carbonyl (C=O) groups is 1. The molecule has 3 heterocycles. The molecule has 1 atom stereocenters. The number of likely N-dealkylation sites (N-methyl/N-ethyl adjacent to an activating group) is 1. The third-order valence-corrected chi connectivity index (χ3v) is 5.21. The average molecular weight is 438 g/mol. The van der Waals surface area contributed by atoms with Crippen molar-refractivity contribution in [2.24, 2.45) is 0 Å². The van der Waals surface area contributed by atoms with Crippen molar-refractivity contribution in [3.8, 4) is 0 Å². The number of carbonyl (C=O) groups excluding carboxylic acids is 1. The largest absolute Gasteiger partial charge is 0.349 e. The molecule has 31 heavy (non-hydrogen) atoms. The van der Waals surface area contributed by atoms with Gasteiger partial charge in [-0.2, -0.15) is 0 Å². The van der Waals surface area contributed by atoms with Crippen molar-refractivity contribution in [1.82, 2.24) is 34.6 Å². The minimum absolute atomic E-state index is 0.113. The monoisotopic (exact) mass is 437 g/mol. The van der Waals surface area contributed by atoms with Crippen molar-refractivity contribution < 1.29 is 4.79 Å². The summed E-state index contributed by atoms with van der Waals surface area (Å²) in [6.07, 6.45) is 5.84. The molecule has 0 aliphatic rings. The average Bonchev–Trinajstić information content (AvgIpc) is 3.34. The van der Waals surface area contributed by atoms with Crippen molar-refractivity contribution >= 4 is 23.2 Å². The molecule has 0 saturated carbocycles. The number of nitrogens with zero attached hydrogens (tertiary/aromatic N) is 6. The Morgan fingerprint density at radius 1 is 1.10 bits per heavy atom. The summed E-state index contributed by atoms with van der Waals surface area (Å²) in [5, 5.41) is 11.9. The molecule has 0 fully saturated rings. The summed E-state index contributed by atoms with van der Waals surface area (Å²) in [4.78, 5) is 19.3. The van der Waals surface area contributed by atoms with Gasteiger partial charge in [-0.15, -0.1) is 5.10 Å². The van der Waals surface area contributed by atoms with Gasteiger partial charge in [0.1, 0.15) is 17.4 Å². The third-order valence-electron chi connectivity index (χ3n) is 4.95.